The normalized spacial score (nSPS) is 19.2. The molecule has 1 spiro atoms. The Morgan fingerprint density at radius 3 is 2.41 bits per heavy atom. The van der Waals surface area contributed by atoms with E-state index in [9.17, 15) is 0 Å². The summed E-state index contributed by atoms with van der Waals surface area (Å²) in [6.07, 6.45) is 9.03. The second-order valence-corrected chi connectivity index (χ2v) is 8.30. The fraction of sp³-hybridized carbons (Fsp3) is 0.455. The molecule has 3 aromatic heterocycles. The van der Waals surface area contributed by atoms with Crippen molar-refractivity contribution in [3.05, 3.63) is 36.8 Å². The minimum Gasteiger partial charge on any atom is -0.479 e. The first-order chi connectivity index (χ1) is 14.2. The first-order valence-electron chi connectivity index (χ1n) is 10.2. The number of ether oxygens (including phenoxy) is 1. The highest BCUT2D eigenvalue weighted by Gasteiger charge is 2.39. The third-order valence-corrected chi connectivity index (χ3v) is 6.45. The standard InChI is InChI=1S/C22H26N6O/c1-27-12-6-22(15-27)7-13-28(14-8-22)20-17-5-11-24-21(29-2)18(17)25-19(26-20)16-3-9-23-10-4-16/h3-5,9-11H,6-8,12-15H2,1-2H3. The Hall–Kier alpha value is -2.80. The second kappa shape index (κ2) is 7.22. The lowest BCUT2D eigenvalue weighted by atomic mass is 9.78. The van der Waals surface area contributed by atoms with Crippen molar-refractivity contribution in [3.63, 3.8) is 0 Å². The van der Waals surface area contributed by atoms with Crippen molar-refractivity contribution < 1.29 is 4.74 Å². The third-order valence-electron chi connectivity index (χ3n) is 6.45. The Labute approximate surface area is 170 Å². The largest absolute Gasteiger partial charge is 0.479 e. The molecule has 2 aliphatic rings. The molecule has 2 saturated heterocycles. The van der Waals surface area contributed by atoms with Gasteiger partial charge in [-0.3, -0.25) is 4.98 Å². The highest BCUT2D eigenvalue weighted by molar-refractivity contribution is 5.93. The molecule has 0 unspecified atom stereocenters. The summed E-state index contributed by atoms with van der Waals surface area (Å²) in [5.74, 6) is 2.19. The maximum Gasteiger partial charge on any atom is 0.240 e. The number of anilines is 1. The zero-order valence-electron chi connectivity index (χ0n) is 17.0. The van der Waals surface area contributed by atoms with Gasteiger partial charge in [-0.25, -0.2) is 15.0 Å². The van der Waals surface area contributed by atoms with Crippen molar-refractivity contribution >= 4 is 16.7 Å². The van der Waals surface area contributed by atoms with E-state index in [0.29, 0.717) is 17.1 Å². The molecule has 7 heteroatoms. The van der Waals surface area contributed by atoms with Crippen LogP contribution >= 0.6 is 0 Å². The van der Waals surface area contributed by atoms with Gasteiger partial charge in [-0.1, -0.05) is 0 Å². The quantitative estimate of drug-likeness (QED) is 0.681. The minimum absolute atomic E-state index is 0.473. The van der Waals surface area contributed by atoms with Crippen LogP contribution in [0, 0.1) is 5.41 Å². The molecule has 0 amide bonds. The molecule has 2 fully saturated rings. The van der Waals surface area contributed by atoms with E-state index >= 15 is 0 Å². The van der Waals surface area contributed by atoms with Crippen LogP contribution in [0.4, 0.5) is 5.82 Å². The van der Waals surface area contributed by atoms with Gasteiger partial charge in [0.05, 0.1) is 12.5 Å². The summed E-state index contributed by atoms with van der Waals surface area (Å²) in [5, 5.41) is 0.995. The summed E-state index contributed by atoms with van der Waals surface area (Å²) in [6.45, 7) is 4.46. The molecule has 0 N–H and O–H groups in total. The van der Waals surface area contributed by atoms with Crippen molar-refractivity contribution in [2.75, 3.05) is 45.2 Å². The zero-order chi connectivity index (χ0) is 19.8. The van der Waals surface area contributed by atoms with E-state index < -0.39 is 0 Å². The molecule has 0 saturated carbocycles. The molecular formula is C22H26N6O. The number of likely N-dealkylation sites (tertiary alicyclic amines) is 1. The van der Waals surface area contributed by atoms with Gasteiger partial charge in [0.25, 0.3) is 0 Å². The van der Waals surface area contributed by atoms with Crippen molar-refractivity contribution in [1.29, 1.82) is 0 Å². The van der Waals surface area contributed by atoms with Gasteiger partial charge in [-0.2, -0.15) is 0 Å². The number of fused-ring (bicyclic) bond motifs is 1. The second-order valence-electron chi connectivity index (χ2n) is 8.30. The lowest BCUT2D eigenvalue weighted by molar-refractivity contribution is 0.222. The molecule has 0 aromatic carbocycles. The van der Waals surface area contributed by atoms with Crippen LogP contribution in [-0.2, 0) is 0 Å². The summed E-state index contributed by atoms with van der Waals surface area (Å²) in [6, 6.07) is 5.87. The maximum atomic E-state index is 5.51. The SMILES string of the molecule is COc1nccc2c(N3CCC4(CCN(C)C4)CC3)nc(-c3ccncc3)nc12. The Morgan fingerprint density at radius 2 is 1.72 bits per heavy atom. The van der Waals surface area contributed by atoms with E-state index in [1.165, 1.54) is 32.4 Å². The van der Waals surface area contributed by atoms with Crippen LogP contribution in [-0.4, -0.2) is 65.2 Å². The maximum absolute atomic E-state index is 5.51. The van der Waals surface area contributed by atoms with Crippen LogP contribution in [0.1, 0.15) is 19.3 Å². The van der Waals surface area contributed by atoms with Crippen molar-refractivity contribution in [1.82, 2.24) is 24.8 Å². The van der Waals surface area contributed by atoms with Crippen LogP contribution < -0.4 is 9.64 Å². The van der Waals surface area contributed by atoms with Crippen molar-refractivity contribution in [2.24, 2.45) is 5.41 Å². The Morgan fingerprint density at radius 1 is 0.966 bits per heavy atom. The monoisotopic (exact) mass is 390 g/mol. The van der Waals surface area contributed by atoms with Gasteiger partial charge in [0.1, 0.15) is 11.3 Å². The van der Waals surface area contributed by atoms with Gasteiger partial charge in [0, 0.05) is 43.8 Å². The summed E-state index contributed by atoms with van der Waals surface area (Å²) in [4.78, 5) is 23.1. The Bertz CT molecular complexity index is 1020. The molecule has 3 aromatic rings. The smallest absolute Gasteiger partial charge is 0.240 e. The van der Waals surface area contributed by atoms with Gasteiger partial charge in [0.2, 0.25) is 5.88 Å². The average molecular weight is 390 g/mol. The third kappa shape index (κ3) is 3.29. The molecular weight excluding hydrogens is 364 g/mol. The Balaban J connectivity index is 1.56. The van der Waals surface area contributed by atoms with Gasteiger partial charge in [-0.15, -0.1) is 0 Å². The predicted molar refractivity (Wildman–Crippen MR) is 113 cm³/mol. The highest BCUT2D eigenvalue weighted by Crippen LogP contribution is 2.42. The summed E-state index contributed by atoms with van der Waals surface area (Å²) >= 11 is 0. The number of pyridine rings is 2. The van der Waals surface area contributed by atoms with Crippen LogP contribution in [0.3, 0.4) is 0 Å². The molecule has 0 bridgehead atoms. The molecule has 29 heavy (non-hydrogen) atoms. The number of hydrogen-bond acceptors (Lipinski definition) is 7. The topological polar surface area (TPSA) is 67.3 Å². The molecule has 5 heterocycles. The van der Waals surface area contributed by atoms with Gasteiger partial charge in [0.15, 0.2) is 5.82 Å². The lowest BCUT2D eigenvalue weighted by Gasteiger charge is -2.40. The van der Waals surface area contributed by atoms with E-state index in [4.69, 9.17) is 14.7 Å². The number of rotatable bonds is 3. The van der Waals surface area contributed by atoms with Crippen LogP contribution in [0.15, 0.2) is 36.8 Å². The first-order valence-corrected chi connectivity index (χ1v) is 10.2. The van der Waals surface area contributed by atoms with Crippen LogP contribution in [0.2, 0.25) is 0 Å². The van der Waals surface area contributed by atoms with E-state index in [-0.39, 0.29) is 0 Å². The molecule has 0 radical (unpaired) electrons. The number of methoxy groups -OCH3 is 1. The average Bonchev–Trinajstić information content (AvgIpc) is 3.13. The van der Waals surface area contributed by atoms with E-state index in [1.54, 1.807) is 25.7 Å². The fourth-order valence-corrected chi connectivity index (χ4v) is 4.79. The van der Waals surface area contributed by atoms with Gasteiger partial charge >= 0.3 is 0 Å². The highest BCUT2D eigenvalue weighted by atomic mass is 16.5. The summed E-state index contributed by atoms with van der Waals surface area (Å²) in [5.41, 5.74) is 2.18. The summed E-state index contributed by atoms with van der Waals surface area (Å²) in [7, 11) is 3.87. The molecule has 5 rings (SSSR count). The first kappa shape index (κ1) is 18.2. The van der Waals surface area contributed by atoms with E-state index in [2.05, 4.69) is 26.8 Å². The van der Waals surface area contributed by atoms with Crippen LogP contribution in [0.25, 0.3) is 22.3 Å². The number of aromatic nitrogens is 4. The van der Waals surface area contributed by atoms with Crippen molar-refractivity contribution in [3.8, 4) is 17.3 Å². The Kier molecular flexibility index (Phi) is 4.54. The molecule has 7 nitrogen and oxygen atoms in total. The predicted octanol–water partition coefficient (Wildman–Crippen LogP) is 3.02. The van der Waals surface area contributed by atoms with E-state index in [1.807, 2.05) is 18.2 Å². The minimum atomic E-state index is 0.473. The lowest BCUT2D eigenvalue weighted by Crippen LogP contribution is -2.41. The number of nitrogens with zero attached hydrogens (tertiary/aromatic N) is 6. The van der Waals surface area contributed by atoms with Gasteiger partial charge < -0.3 is 14.5 Å². The van der Waals surface area contributed by atoms with Crippen molar-refractivity contribution in [2.45, 2.75) is 19.3 Å². The van der Waals surface area contributed by atoms with Gasteiger partial charge in [-0.05, 0) is 56.5 Å². The molecule has 2 aliphatic heterocycles. The van der Waals surface area contributed by atoms with Crippen LogP contribution in [0.5, 0.6) is 5.88 Å². The summed E-state index contributed by atoms with van der Waals surface area (Å²) < 4.78 is 5.51. The molecule has 0 atom stereocenters. The fourth-order valence-electron chi connectivity index (χ4n) is 4.79. The number of piperidine rings is 1. The molecule has 0 aliphatic carbocycles. The molecule has 150 valence electrons. The zero-order valence-corrected chi connectivity index (χ0v) is 17.0. The van der Waals surface area contributed by atoms with E-state index in [0.717, 1.165) is 35.4 Å². The number of hydrogen-bond donors (Lipinski definition) is 0.